The van der Waals surface area contributed by atoms with E-state index in [9.17, 15) is 23.2 Å². The Labute approximate surface area is 185 Å². The Balaban J connectivity index is 1.86. The van der Waals surface area contributed by atoms with Crippen LogP contribution in [-0.2, 0) is 9.53 Å². The van der Waals surface area contributed by atoms with Gasteiger partial charge in [-0.25, -0.2) is 13.6 Å². The summed E-state index contributed by atoms with van der Waals surface area (Å²) in [6.45, 7) is 0.961. The number of aromatic nitrogens is 2. The van der Waals surface area contributed by atoms with Crippen molar-refractivity contribution in [1.82, 2.24) is 9.78 Å². The number of esters is 1. The van der Waals surface area contributed by atoms with Gasteiger partial charge < -0.3 is 14.8 Å². The van der Waals surface area contributed by atoms with E-state index in [2.05, 4.69) is 10.4 Å². The number of nitrogens with one attached hydrogen (secondary N) is 1. The number of ether oxygens (including phenoxy) is 2. The molecule has 0 bridgehead atoms. The Hall–Kier alpha value is -3.79. The quantitative estimate of drug-likeness (QED) is 0.539. The van der Waals surface area contributed by atoms with Crippen LogP contribution in [0.1, 0.15) is 17.4 Å². The molecule has 0 saturated carbocycles. The van der Waals surface area contributed by atoms with Gasteiger partial charge in [-0.1, -0.05) is 23.7 Å². The highest BCUT2D eigenvalue weighted by molar-refractivity contribution is 6.32. The van der Waals surface area contributed by atoms with E-state index in [1.54, 1.807) is 25.1 Å². The van der Waals surface area contributed by atoms with Gasteiger partial charge in [0.05, 0.1) is 23.4 Å². The number of para-hydroxylation sites is 1. The van der Waals surface area contributed by atoms with Gasteiger partial charge in [-0.15, -0.1) is 0 Å². The average Bonchev–Trinajstić information content (AvgIpc) is 2.75. The number of nitrogens with zero attached hydrogens (tertiary/aromatic N) is 2. The summed E-state index contributed by atoms with van der Waals surface area (Å²) < 4.78 is 37.4. The Kier molecular flexibility index (Phi) is 7.16. The summed E-state index contributed by atoms with van der Waals surface area (Å²) in [6, 6.07) is 10.1. The predicted molar refractivity (Wildman–Crippen MR) is 111 cm³/mol. The number of benzene rings is 2. The zero-order chi connectivity index (χ0) is 23.3. The second-order valence-electron chi connectivity index (χ2n) is 6.24. The molecule has 1 amide bonds. The first kappa shape index (κ1) is 22.9. The van der Waals surface area contributed by atoms with E-state index >= 15 is 0 Å². The molecule has 0 radical (unpaired) electrons. The van der Waals surface area contributed by atoms with Crippen LogP contribution in [0.2, 0.25) is 5.02 Å². The molecule has 0 aliphatic rings. The maximum atomic E-state index is 13.3. The minimum absolute atomic E-state index is 0.00428. The van der Waals surface area contributed by atoms with E-state index in [1.165, 1.54) is 6.07 Å². The summed E-state index contributed by atoms with van der Waals surface area (Å²) in [6.07, 6.45) is 0. The number of amides is 1. The molecule has 1 aromatic heterocycles. The smallest absolute Gasteiger partial charge is 0.362 e. The maximum absolute atomic E-state index is 13.3. The van der Waals surface area contributed by atoms with Crippen molar-refractivity contribution in [2.45, 2.75) is 6.92 Å². The van der Waals surface area contributed by atoms with Crippen LogP contribution in [0.3, 0.4) is 0 Å². The highest BCUT2D eigenvalue weighted by Gasteiger charge is 2.21. The first-order valence-electron chi connectivity index (χ1n) is 9.24. The highest BCUT2D eigenvalue weighted by Crippen LogP contribution is 2.21. The molecule has 3 rings (SSSR count). The summed E-state index contributed by atoms with van der Waals surface area (Å²) in [7, 11) is 0. The zero-order valence-corrected chi connectivity index (χ0v) is 17.4. The third kappa shape index (κ3) is 5.27. The van der Waals surface area contributed by atoms with Crippen LogP contribution in [0.4, 0.5) is 14.5 Å². The predicted octanol–water partition coefficient (Wildman–Crippen LogP) is 3.36. The van der Waals surface area contributed by atoms with Crippen LogP contribution in [0, 0.1) is 11.6 Å². The minimum atomic E-state index is -1.14. The van der Waals surface area contributed by atoms with Gasteiger partial charge in [0.1, 0.15) is 0 Å². The standard InChI is InChI=1S/C21H16ClF2N3O5/c1-2-31-21(30)20-17(10-19(29)27(26-20)16-6-4-3-5-13(16)22)32-11-18(28)25-12-7-8-14(23)15(24)9-12/h3-10H,2,11H2,1H3,(H,25,28). The van der Waals surface area contributed by atoms with E-state index in [0.717, 1.165) is 28.9 Å². The molecule has 32 heavy (non-hydrogen) atoms. The number of halogens is 3. The van der Waals surface area contributed by atoms with Crippen LogP contribution in [0.5, 0.6) is 5.75 Å². The molecule has 0 saturated heterocycles. The Morgan fingerprint density at radius 1 is 1.12 bits per heavy atom. The number of hydrogen-bond acceptors (Lipinski definition) is 6. The van der Waals surface area contributed by atoms with Crippen molar-refractivity contribution in [1.29, 1.82) is 0 Å². The van der Waals surface area contributed by atoms with Gasteiger partial charge in [0, 0.05) is 11.8 Å². The number of hydrogen-bond donors (Lipinski definition) is 1. The Morgan fingerprint density at radius 3 is 2.56 bits per heavy atom. The molecule has 1 N–H and O–H groups in total. The monoisotopic (exact) mass is 463 g/mol. The van der Waals surface area contributed by atoms with Crippen LogP contribution in [-0.4, -0.2) is 34.9 Å². The second-order valence-corrected chi connectivity index (χ2v) is 6.65. The lowest BCUT2D eigenvalue weighted by Crippen LogP contribution is -2.27. The molecule has 8 nitrogen and oxygen atoms in total. The van der Waals surface area contributed by atoms with Crippen LogP contribution < -0.4 is 15.6 Å². The third-order valence-electron chi connectivity index (χ3n) is 4.01. The molecule has 166 valence electrons. The largest absolute Gasteiger partial charge is 0.481 e. The molecule has 0 spiro atoms. The molecular formula is C21H16ClF2N3O5. The lowest BCUT2D eigenvalue weighted by molar-refractivity contribution is -0.118. The van der Waals surface area contributed by atoms with Gasteiger partial charge in [-0.3, -0.25) is 9.59 Å². The number of carbonyl (C=O) groups excluding carboxylic acids is 2. The topological polar surface area (TPSA) is 99.5 Å². The van der Waals surface area contributed by atoms with E-state index in [1.807, 2.05) is 0 Å². The van der Waals surface area contributed by atoms with Gasteiger partial charge in [0.15, 0.2) is 24.0 Å². The summed E-state index contributed by atoms with van der Waals surface area (Å²) in [5.74, 6) is -4.13. The second kappa shape index (κ2) is 10.0. The van der Waals surface area contributed by atoms with Crippen molar-refractivity contribution in [3.8, 4) is 11.4 Å². The van der Waals surface area contributed by atoms with Gasteiger partial charge in [0.2, 0.25) is 5.69 Å². The third-order valence-corrected chi connectivity index (χ3v) is 4.33. The van der Waals surface area contributed by atoms with Crippen molar-refractivity contribution in [2.24, 2.45) is 0 Å². The number of rotatable bonds is 7. The first-order valence-corrected chi connectivity index (χ1v) is 9.62. The Morgan fingerprint density at radius 2 is 1.88 bits per heavy atom. The SMILES string of the molecule is CCOC(=O)c1nn(-c2ccccc2Cl)c(=O)cc1OCC(=O)Nc1ccc(F)c(F)c1. The molecule has 11 heteroatoms. The molecule has 2 aromatic carbocycles. The average molecular weight is 464 g/mol. The Bertz CT molecular complexity index is 1230. The van der Waals surface area contributed by atoms with E-state index in [4.69, 9.17) is 21.1 Å². The molecule has 0 aliphatic carbocycles. The van der Waals surface area contributed by atoms with Crippen LogP contribution in [0.15, 0.2) is 53.3 Å². The zero-order valence-electron chi connectivity index (χ0n) is 16.6. The number of anilines is 1. The lowest BCUT2D eigenvalue weighted by Gasteiger charge is -2.13. The minimum Gasteiger partial charge on any atom is -0.481 e. The molecular weight excluding hydrogens is 448 g/mol. The van der Waals surface area contributed by atoms with Crippen molar-refractivity contribution in [3.05, 3.63) is 81.2 Å². The van der Waals surface area contributed by atoms with Crippen LogP contribution in [0.25, 0.3) is 5.69 Å². The van der Waals surface area contributed by atoms with Gasteiger partial charge >= 0.3 is 5.97 Å². The fraction of sp³-hybridized carbons (Fsp3) is 0.143. The normalized spacial score (nSPS) is 10.5. The first-order chi connectivity index (χ1) is 15.3. The molecule has 1 heterocycles. The van der Waals surface area contributed by atoms with Crippen molar-refractivity contribution in [2.75, 3.05) is 18.5 Å². The summed E-state index contributed by atoms with van der Waals surface area (Å²) in [4.78, 5) is 37.0. The summed E-state index contributed by atoms with van der Waals surface area (Å²) >= 11 is 6.11. The molecule has 0 atom stereocenters. The van der Waals surface area contributed by atoms with E-state index in [0.29, 0.717) is 0 Å². The summed E-state index contributed by atoms with van der Waals surface area (Å²) in [5.41, 5.74) is -0.808. The van der Waals surface area contributed by atoms with Crippen molar-refractivity contribution >= 4 is 29.2 Å². The van der Waals surface area contributed by atoms with E-state index < -0.39 is 35.7 Å². The van der Waals surface area contributed by atoms with Crippen molar-refractivity contribution < 1.29 is 27.8 Å². The number of carbonyl (C=O) groups is 2. The molecule has 0 fully saturated rings. The fourth-order valence-electron chi connectivity index (χ4n) is 2.60. The highest BCUT2D eigenvalue weighted by atomic mass is 35.5. The molecule has 0 unspecified atom stereocenters. The maximum Gasteiger partial charge on any atom is 0.362 e. The molecule has 0 aliphatic heterocycles. The van der Waals surface area contributed by atoms with Crippen molar-refractivity contribution in [3.63, 3.8) is 0 Å². The van der Waals surface area contributed by atoms with Crippen LogP contribution >= 0.6 is 11.6 Å². The van der Waals surface area contributed by atoms with Gasteiger partial charge in [0.25, 0.3) is 11.5 Å². The van der Waals surface area contributed by atoms with E-state index in [-0.39, 0.29) is 34.4 Å². The lowest BCUT2D eigenvalue weighted by atomic mass is 10.3. The molecule has 3 aromatic rings. The van der Waals surface area contributed by atoms with Gasteiger partial charge in [-0.2, -0.15) is 9.78 Å². The van der Waals surface area contributed by atoms with Gasteiger partial charge in [-0.05, 0) is 31.2 Å². The summed E-state index contributed by atoms with van der Waals surface area (Å²) in [5, 5.41) is 6.53. The fourth-order valence-corrected chi connectivity index (χ4v) is 2.82.